The van der Waals surface area contributed by atoms with Gasteiger partial charge in [-0.05, 0) is 39.0 Å². The Morgan fingerprint density at radius 3 is 3.00 bits per heavy atom. The van der Waals surface area contributed by atoms with Crippen molar-refractivity contribution < 1.29 is 9.32 Å². The Morgan fingerprint density at radius 1 is 1.26 bits per heavy atom. The maximum absolute atomic E-state index is 13.0. The molecule has 1 unspecified atom stereocenters. The van der Waals surface area contributed by atoms with Crippen LogP contribution >= 0.6 is 0 Å². The topological polar surface area (TPSA) is 72.1 Å². The summed E-state index contributed by atoms with van der Waals surface area (Å²) in [4.78, 5) is 23.7. The standard InChI is InChI=1S/C17H20N4O2/c1-11-9-18-10-13(19-11)14-6-4-8-21(14)17(22)16-12-5-2-3-7-15(12)23-20-16/h9-10,14H,2-8H2,1H3. The molecule has 0 spiro atoms. The van der Waals surface area contributed by atoms with Crippen molar-refractivity contribution in [1.82, 2.24) is 20.0 Å². The molecule has 1 amide bonds. The van der Waals surface area contributed by atoms with Gasteiger partial charge in [0.15, 0.2) is 5.69 Å². The summed E-state index contributed by atoms with van der Waals surface area (Å²) in [6.07, 6.45) is 9.39. The van der Waals surface area contributed by atoms with E-state index < -0.39 is 0 Å². The number of hydrogen-bond acceptors (Lipinski definition) is 5. The number of likely N-dealkylation sites (tertiary alicyclic amines) is 1. The summed E-state index contributed by atoms with van der Waals surface area (Å²) in [5.74, 6) is 0.869. The maximum atomic E-state index is 13.0. The van der Waals surface area contributed by atoms with Crippen LogP contribution in [0.15, 0.2) is 16.9 Å². The number of carbonyl (C=O) groups is 1. The Kier molecular flexibility index (Phi) is 3.59. The van der Waals surface area contributed by atoms with Crippen molar-refractivity contribution in [3.05, 3.63) is 40.8 Å². The highest BCUT2D eigenvalue weighted by Crippen LogP contribution is 2.33. The van der Waals surface area contributed by atoms with Gasteiger partial charge < -0.3 is 9.42 Å². The largest absolute Gasteiger partial charge is 0.360 e. The van der Waals surface area contributed by atoms with E-state index in [0.717, 1.165) is 67.8 Å². The molecule has 0 saturated carbocycles. The molecule has 1 fully saturated rings. The molecule has 4 rings (SSSR count). The van der Waals surface area contributed by atoms with E-state index in [1.165, 1.54) is 0 Å². The van der Waals surface area contributed by atoms with Crippen molar-refractivity contribution in [2.24, 2.45) is 0 Å². The molecule has 2 aliphatic rings. The first kappa shape index (κ1) is 14.4. The lowest BCUT2D eigenvalue weighted by molar-refractivity contribution is 0.0721. The van der Waals surface area contributed by atoms with Crippen molar-refractivity contribution in [3.8, 4) is 0 Å². The predicted octanol–water partition coefficient (Wildman–Crippen LogP) is 2.63. The first-order chi connectivity index (χ1) is 11.2. The normalized spacial score (nSPS) is 20.6. The van der Waals surface area contributed by atoms with E-state index in [4.69, 9.17) is 4.52 Å². The molecule has 6 heteroatoms. The van der Waals surface area contributed by atoms with Gasteiger partial charge in [0.1, 0.15) is 5.76 Å². The smallest absolute Gasteiger partial charge is 0.276 e. The minimum atomic E-state index is -0.0253. The van der Waals surface area contributed by atoms with Gasteiger partial charge in [0.2, 0.25) is 0 Å². The molecular formula is C17H20N4O2. The summed E-state index contributed by atoms with van der Waals surface area (Å²) in [6, 6.07) is -0.00848. The quantitative estimate of drug-likeness (QED) is 0.852. The molecule has 2 aromatic heterocycles. The van der Waals surface area contributed by atoms with Gasteiger partial charge >= 0.3 is 0 Å². The van der Waals surface area contributed by atoms with Crippen LogP contribution in [0.3, 0.4) is 0 Å². The van der Waals surface area contributed by atoms with Crippen LogP contribution in [0, 0.1) is 6.92 Å². The first-order valence-electron chi connectivity index (χ1n) is 8.31. The Balaban J connectivity index is 1.64. The number of aryl methyl sites for hydroxylation is 2. The molecule has 2 aromatic rings. The summed E-state index contributed by atoms with van der Waals surface area (Å²) in [5, 5.41) is 4.09. The Bertz CT molecular complexity index is 740. The first-order valence-corrected chi connectivity index (χ1v) is 8.31. The second-order valence-corrected chi connectivity index (χ2v) is 6.38. The SMILES string of the molecule is Cc1cncc(C2CCCN2C(=O)c2noc3c2CCCC3)n1. The van der Waals surface area contributed by atoms with E-state index >= 15 is 0 Å². The highest BCUT2D eigenvalue weighted by molar-refractivity contribution is 5.94. The van der Waals surface area contributed by atoms with Crippen LogP contribution in [0.5, 0.6) is 0 Å². The van der Waals surface area contributed by atoms with Crippen LogP contribution in [0.25, 0.3) is 0 Å². The molecule has 1 aliphatic heterocycles. The Labute approximate surface area is 134 Å². The van der Waals surface area contributed by atoms with E-state index in [1.54, 1.807) is 12.4 Å². The second kappa shape index (κ2) is 5.76. The van der Waals surface area contributed by atoms with Gasteiger partial charge in [0.25, 0.3) is 5.91 Å². The number of carbonyl (C=O) groups excluding carboxylic acids is 1. The van der Waals surface area contributed by atoms with Gasteiger partial charge in [-0.15, -0.1) is 0 Å². The molecule has 0 aromatic carbocycles. The summed E-state index contributed by atoms with van der Waals surface area (Å²) in [5.41, 5.74) is 3.27. The van der Waals surface area contributed by atoms with Crippen molar-refractivity contribution >= 4 is 5.91 Å². The Morgan fingerprint density at radius 2 is 2.13 bits per heavy atom. The average molecular weight is 312 g/mol. The van der Waals surface area contributed by atoms with E-state index in [-0.39, 0.29) is 11.9 Å². The third kappa shape index (κ3) is 2.52. The Hall–Kier alpha value is -2.24. The van der Waals surface area contributed by atoms with E-state index in [9.17, 15) is 4.79 Å². The van der Waals surface area contributed by atoms with Crippen LogP contribution in [-0.4, -0.2) is 32.5 Å². The molecule has 120 valence electrons. The van der Waals surface area contributed by atoms with E-state index in [2.05, 4.69) is 15.1 Å². The fourth-order valence-corrected chi connectivity index (χ4v) is 3.65. The second-order valence-electron chi connectivity index (χ2n) is 6.38. The lowest BCUT2D eigenvalue weighted by Crippen LogP contribution is -2.32. The van der Waals surface area contributed by atoms with Gasteiger partial charge in [0.05, 0.1) is 23.6 Å². The van der Waals surface area contributed by atoms with Gasteiger partial charge in [-0.2, -0.15) is 0 Å². The molecule has 1 atom stereocenters. The van der Waals surface area contributed by atoms with E-state index in [0.29, 0.717) is 5.69 Å². The van der Waals surface area contributed by atoms with E-state index in [1.807, 2.05) is 11.8 Å². The lowest BCUT2D eigenvalue weighted by Gasteiger charge is -2.24. The van der Waals surface area contributed by atoms with Crippen LogP contribution in [-0.2, 0) is 12.8 Å². The highest BCUT2D eigenvalue weighted by Gasteiger charge is 2.35. The minimum absolute atomic E-state index is 0.00848. The maximum Gasteiger partial charge on any atom is 0.276 e. The molecule has 6 nitrogen and oxygen atoms in total. The molecule has 0 bridgehead atoms. The zero-order valence-electron chi connectivity index (χ0n) is 13.3. The molecule has 1 aliphatic carbocycles. The summed E-state index contributed by atoms with van der Waals surface area (Å²) in [7, 11) is 0. The van der Waals surface area contributed by atoms with Crippen LogP contribution in [0.1, 0.15) is 64.9 Å². The van der Waals surface area contributed by atoms with Gasteiger partial charge in [-0.1, -0.05) is 5.16 Å². The number of fused-ring (bicyclic) bond motifs is 1. The van der Waals surface area contributed by atoms with Gasteiger partial charge in [0, 0.05) is 24.7 Å². The summed E-state index contributed by atoms with van der Waals surface area (Å²) >= 11 is 0. The number of amides is 1. The van der Waals surface area contributed by atoms with Crippen molar-refractivity contribution in [2.45, 2.75) is 51.5 Å². The number of rotatable bonds is 2. The monoisotopic (exact) mass is 312 g/mol. The summed E-state index contributed by atoms with van der Waals surface area (Å²) in [6.45, 7) is 2.66. The third-order valence-electron chi connectivity index (χ3n) is 4.78. The molecule has 0 radical (unpaired) electrons. The highest BCUT2D eigenvalue weighted by atomic mass is 16.5. The average Bonchev–Trinajstić information content (AvgIpc) is 3.21. The number of nitrogens with zero attached hydrogens (tertiary/aromatic N) is 4. The molecule has 0 N–H and O–H groups in total. The van der Waals surface area contributed by atoms with Crippen molar-refractivity contribution in [3.63, 3.8) is 0 Å². The van der Waals surface area contributed by atoms with Gasteiger partial charge in [-0.25, -0.2) is 0 Å². The van der Waals surface area contributed by atoms with Crippen LogP contribution in [0.4, 0.5) is 0 Å². The zero-order chi connectivity index (χ0) is 15.8. The number of aromatic nitrogens is 3. The van der Waals surface area contributed by atoms with Crippen LogP contribution in [0.2, 0.25) is 0 Å². The third-order valence-corrected chi connectivity index (χ3v) is 4.78. The predicted molar refractivity (Wildman–Crippen MR) is 82.9 cm³/mol. The van der Waals surface area contributed by atoms with Gasteiger partial charge in [-0.3, -0.25) is 14.8 Å². The molecule has 23 heavy (non-hydrogen) atoms. The fraction of sp³-hybridized carbons (Fsp3) is 0.529. The lowest BCUT2D eigenvalue weighted by atomic mass is 9.96. The minimum Gasteiger partial charge on any atom is -0.360 e. The van der Waals surface area contributed by atoms with Crippen molar-refractivity contribution in [2.75, 3.05) is 6.54 Å². The number of hydrogen-bond donors (Lipinski definition) is 0. The fourth-order valence-electron chi connectivity index (χ4n) is 3.65. The molecular weight excluding hydrogens is 292 g/mol. The van der Waals surface area contributed by atoms with Crippen molar-refractivity contribution in [1.29, 1.82) is 0 Å². The molecule has 3 heterocycles. The molecule has 1 saturated heterocycles. The zero-order valence-corrected chi connectivity index (χ0v) is 13.3. The van der Waals surface area contributed by atoms with Crippen LogP contribution < -0.4 is 0 Å². The summed E-state index contributed by atoms with van der Waals surface area (Å²) < 4.78 is 5.40.